The number of phenolic OH excluding ortho intramolecular Hbond substituents is 1. The van der Waals surface area contributed by atoms with E-state index in [1.54, 1.807) is 12.1 Å². The summed E-state index contributed by atoms with van der Waals surface area (Å²) in [5.41, 5.74) is -1.63. The van der Waals surface area contributed by atoms with Crippen molar-refractivity contribution in [3.8, 4) is 5.75 Å². The second kappa shape index (κ2) is 3.80. The van der Waals surface area contributed by atoms with Gasteiger partial charge in [-0.3, -0.25) is 4.79 Å². The maximum absolute atomic E-state index is 13.8. The Morgan fingerprint density at radius 1 is 1.05 bits per heavy atom. The molecule has 3 rings (SSSR count). The highest BCUT2D eigenvalue weighted by atomic mass is 19.2. The molecule has 2 aromatic rings. The fraction of sp³-hybridized carbons (Fsp3) is 0.0714. The largest absolute Gasteiger partial charge is 0.508 e. The number of hydrogen-bond donors (Lipinski definition) is 2. The molecule has 2 N–H and O–H groups in total. The summed E-state index contributed by atoms with van der Waals surface area (Å²) in [6, 6.07) is 11.6. The molecule has 0 fully saturated rings. The van der Waals surface area contributed by atoms with Crippen LogP contribution in [0.3, 0.4) is 0 Å². The summed E-state index contributed by atoms with van der Waals surface area (Å²) in [4.78, 5) is 12.0. The molecule has 4 nitrogen and oxygen atoms in total. The van der Waals surface area contributed by atoms with Crippen LogP contribution in [-0.4, -0.2) is 16.1 Å². The van der Waals surface area contributed by atoms with Gasteiger partial charge in [-0.1, -0.05) is 34.8 Å². The fourth-order valence-corrected chi connectivity index (χ4v) is 2.30. The zero-order chi connectivity index (χ0) is 13.6. The van der Waals surface area contributed by atoms with Crippen molar-refractivity contribution < 1.29 is 19.5 Å². The SMILES string of the molecule is O=C1N(F)c2ccccc2C1(O)c1ccc(O)cc1. The summed E-state index contributed by atoms with van der Waals surface area (Å²) < 4.78 is 13.8. The molecular weight excluding hydrogens is 249 g/mol. The van der Waals surface area contributed by atoms with Crippen molar-refractivity contribution in [1.29, 1.82) is 0 Å². The van der Waals surface area contributed by atoms with Gasteiger partial charge in [0.2, 0.25) is 0 Å². The molecule has 96 valence electrons. The molecule has 2 aromatic carbocycles. The van der Waals surface area contributed by atoms with Gasteiger partial charge in [0.15, 0.2) is 5.60 Å². The number of aromatic hydroxyl groups is 1. The normalized spacial score (nSPS) is 21.6. The number of nitrogens with zero attached hydrogens (tertiary/aromatic N) is 1. The molecule has 5 heteroatoms. The summed E-state index contributed by atoms with van der Waals surface area (Å²) >= 11 is 0. The molecule has 1 heterocycles. The number of amides is 1. The number of benzene rings is 2. The van der Waals surface area contributed by atoms with Crippen LogP contribution in [0, 0.1) is 0 Å². The van der Waals surface area contributed by atoms with Crippen LogP contribution in [0.1, 0.15) is 11.1 Å². The summed E-state index contributed by atoms with van der Waals surface area (Å²) in [6.07, 6.45) is 0. The van der Waals surface area contributed by atoms with Crippen LogP contribution in [-0.2, 0) is 10.4 Å². The van der Waals surface area contributed by atoms with Gasteiger partial charge in [-0.05, 0) is 23.8 Å². The molecule has 0 saturated heterocycles. The molecule has 0 aromatic heterocycles. The Morgan fingerprint density at radius 3 is 2.37 bits per heavy atom. The summed E-state index contributed by atoms with van der Waals surface area (Å²) in [5.74, 6) is -1.05. The van der Waals surface area contributed by atoms with Gasteiger partial charge in [-0.2, -0.15) is 0 Å². The van der Waals surface area contributed by atoms with Crippen molar-refractivity contribution in [1.82, 2.24) is 0 Å². The minimum Gasteiger partial charge on any atom is -0.508 e. The summed E-state index contributed by atoms with van der Waals surface area (Å²) in [7, 11) is 0. The molecule has 1 atom stereocenters. The Bertz CT molecular complexity index is 656. The first-order chi connectivity index (χ1) is 9.05. The molecule has 0 bridgehead atoms. The van der Waals surface area contributed by atoms with E-state index in [1.807, 2.05) is 0 Å². The van der Waals surface area contributed by atoms with Gasteiger partial charge in [0.1, 0.15) is 5.75 Å². The highest BCUT2D eigenvalue weighted by molar-refractivity contribution is 6.07. The first-order valence-electron chi connectivity index (χ1n) is 5.67. The lowest BCUT2D eigenvalue weighted by molar-refractivity contribution is -0.134. The molecular formula is C14H10FNO3. The van der Waals surface area contributed by atoms with Gasteiger partial charge in [0, 0.05) is 5.56 Å². The van der Waals surface area contributed by atoms with E-state index in [0.29, 0.717) is 0 Å². The molecule has 1 unspecified atom stereocenters. The number of aliphatic hydroxyl groups is 1. The van der Waals surface area contributed by atoms with Crippen LogP contribution in [0.5, 0.6) is 5.75 Å². The number of halogens is 1. The molecule has 1 aliphatic rings. The average Bonchev–Trinajstić information content (AvgIpc) is 2.63. The van der Waals surface area contributed by atoms with E-state index in [4.69, 9.17) is 0 Å². The number of phenols is 1. The van der Waals surface area contributed by atoms with Crippen molar-refractivity contribution in [3.05, 3.63) is 59.7 Å². The maximum atomic E-state index is 13.8. The summed E-state index contributed by atoms with van der Waals surface area (Å²) in [5, 5.41) is 19.8. The van der Waals surface area contributed by atoms with Crippen molar-refractivity contribution in [2.75, 3.05) is 5.12 Å². The van der Waals surface area contributed by atoms with E-state index in [-0.39, 0.29) is 27.7 Å². The maximum Gasteiger partial charge on any atom is 0.296 e. The van der Waals surface area contributed by atoms with E-state index in [2.05, 4.69) is 0 Å². The predicted molar refractivity (Wildman–Crippen MR) is 66.1 cm³/mol. The minimum absolute atomic E-state index is 0.00295. The Balaban J connectivity index is 2.24. The topological polar surface area (TPSA) is 60.8 Å². The van der Waals surface area contributed by atoms with Crippen molar-refractivity contribution in [2.45, 2.75) is 5.60 Å². The summed E-state index contributed by atoms with van der Waals surface area (Å²) in [6.45, 7) is 0. The van der Waals surface area contributed by atoms with Gasteiger partial charge in [0.25, 0.3) is 5.91 Å². The molecule has 0 radical (unpaired) electrons. The molecule has 0 spiro atoms. The van der Waals surface area contributed by atoms with Crippen LogP contribution in [0.15, 0.2) is 48.5 Å². The monoisotopic (exact) mass is 259 g/mol. The van der Waals surface area contributed by atoms with Gasteiger partial charge in [-0.15, -0.1) is 5.12 Å². The van der Waals surface area contributed by atoms with Crippen molar-refractivity contribution in [2.24, 2.45) is 0 Å². The number of fused-ring (bicyclic) bond motifs is 1. The predicted octanol–water partition coefficient (Wildman–Crippen LogP) is 1.86. The van der Waals surface area contributed by atoms with E-state index in [0.717, 1.165) is 0 Å². The van der Waals surface area contributed by atoms with Gasteiger partial charge in [-0.25, -0.2) is 0 Å². The molecule has 19 heavy (non-hydrogen) atoms. The second-order valence-corrected chi connectivity index (χ2v) is 4.36. The third kappa shape index (κ3) is 1.45. The highest BCUT2D eigenvalue weighted by Crippen LogP contribution is 2.44. The third-order valence-corrected chi connectivity index (χ3v) is 3.28. The number of rotatable bonds is 1. The Kier molecular flexibility index (Phi) is 2.33. The Labute approximate surface area is 108 Å². The molecule has 0 aliphatic carbocycles. The number of anilines is 1. The van der Waals surface area contributed by atoms with E-state index in [1.165, 1.54) is 36.4 Å². The zero-order valence-electron chi connectivity index (χ0n) is 9.75. The first kappa shape index (κ1) is 11.7. The molecule has 1 aliphatic heterocycles. The van der Waals surface area contributed by atoms with Crippen LogP contribution in [0.4, 0.5) is 10.2 Å². The zero-order valence-corrected chi connectivity index (χ0v) is 9.75. The van der Waals surface area contributed by atoms with Gasteiger partial charge >= 0.3 is 0 Å². The molecule has 1 amide bonds. The van der Waals surface area contributed by atoms with Crippen LogP contribution >= 0.6 is 0 Å². The lowest BCUT2D eigenvalue weighted by Crippen LogP contribution is -2.37. The quantitative estimate of drug-likeness (QED) is 0.768. The minimum atomic E-state index is -2.06. The molecule has 0 saturated carbocycles. The highest BCUT2D eigenvalue weighted by Gasteiger charge is 2.51. The first-order valence-corrected chi connectivity index (χ1v) is 5.67. The van der Waals surface area contributed by atoms with Crippen LogP contribution in [0.25, 0.3) is 0 Å². The number of carbonyl (C=O) groups excluding carboxylic acids is 1. The lowest BCUT2D eigenvalue weighted by atomic mass is 9.87. The van der Waals surface area contributed by atoms with Crippen molar-refractivity contribution in [3.63, 3.8) is 0 Å². The van der Waals surface area contributed by atoms with Crippen LogP contribution in [0.2, 0.25) is 0 Å². The Hall–Kier alpha value is -2.40. The van der Waals surface area contributed by atoms with Crippen LogP contribution < -0.4 is 5.12 Å². The number of para-hydroxylation sites is 1. The number of carbonyl (C=O) groups is 1. The standard InChI is InChI=1S/C14H10FNO3/c15-16-12-4-2-1-3-11(12)14(19,13(16)18)9-5-7-10(17)8-6-9/h1-8,17,19H. The fourth-order valence-electron chi connectivity index (χ4n) is 2.30. The average molecular weight is 259 g/mol. The van der Waals surface area contributed by atoms with E-state index < -0.39 is 11.5 Å². The second-order valence-electron chi connectivity index (χ2n) is 4.36. The van der Waals surface area contributed by atoms with Gasteiger partial charge < -0.3 is 10.2 Å². The van der Waals surface area contributed by atoms with Crippen molar-refractivity contribution >= 4 is 11.6 Å². The Morgan fingerprint density at radius 2 is 1.68 bits per heavy atom. The third-order valence-electron chi connectivity index (χ3n) is 3.28. The van der Waals surface area contributed by atoms with Gasteiger partial charge in [0.05, 0.1) is 5.69 Å². The van der Waals surface area contributed by atoms with E-state index in [9.17, 15) is 19.5 Å². The number of hydrogen-bond acceptors (Lipinski definition) is 3. The van der Waals surface area contributed by atoms with E-state index >= 15 is 0 Å². The lowest BCUT2D eigenvalue weighted by Gasteiger charge is -2.21. The smallest absolute Gasteiger partial charge is 0.296 e.